The number of pyridine rings is 1. The first kappa shape index (κ1) is 12.6. The molecule has 1 aliphatic rings. The van der Waals surface area contributed by atoms with Gasteiger partial charge in [0.05, 0.1) is 0 Å². The summed E-state index contributed by atoms with van der Waals surface area (Å²) in [5, 5.41) is 13.0. The molecule has 0 aliphatic carbocycles. The van der Waals surface area contributed by atoms with Crippen molar-refractivity contribution >= 4 is 6.09 Å². The van der Waals surface area contributed by atoms with E-state index < -0.39 is 6.09 Å². The molecule has 0 spiro atoms. The maximum Gasteiger partial charge on any atom is 0.407 e. The molecule has 7 heteroatoms. The summed E-state index contributed by atoms with van der Waals surface area (Å²) < 4.78 is 5.24. The van der Waals surface area contributed by atoms with E-state index in [2.05, 4.69) is 15.1 Å². The van der Waals surface area contributed by atoms with Crippen molar-refractivity contribution in [3.63, 3.8) is 0 Å². The zero-order chi connectivity index (χ0) is 13.9. The average molecular weight is 274 g/mol. The lowest BCUT2D eigenvalue weighted by Crippen LogP contribution is -2.38. The fourth-order valence-electron chi connectivity index (χ4n) is 2.37. The minimum atomic E-state index is -0.896. The molecular weight excluding hydrogens is 260 g/mol. The standard InChI is InChI=1S/C13H14N4O3/c18-13(19)17-7-1-2-10(8-17)11-15-12(20-16-11)9-3-5-14-6-4-9/h3-6,10H,1-2,7-8H2,(H,18,19). The summed E-state index contributed by atoms with van der Waals surface area (Å²) >= 11 is 0. The summed E-state index contributed by atoms with van der Waals surface area (Å²) in [5.41, 5.74) is 0.810. The Bertz CT molecular complexity index is 599. The normalized spacial score (nSPS) is 19.0. The second-order valence-electron chi connectivity index (χ2n) is 4.76. The third kappa shape index (κ3) is 2.47. The van der Waals surface area contributed by atoms with Crippen molar-refractivity contribution in [1.29, 1.82) is 0 Å². The second kappa shape index (κ2) is 5.28. The largest absolute Gasteiger partial charge is 0.465 e. The molecule has 2 aromatic rings. The number of hydrogen-bond acceptors (Lipinski definition) is 5. The van der Waals surface area contributed by atoms with Crippen LogP contribution in [0.15, 0.2) is 29.0 Å². The van der Waals surface area contributed by atoms with E-state index in [1.165, 1.54) is 4.90 Å². The molecule has 7 nitrogen and oxygen atoms in total. The van der Waals surface area contributed by atoms with Crippen molar-refractivity contribution in [2.24, 2.45) is 0 Å². The van der Waals surface area contributed by atoms with E-state index in [4.69, 9.17) is 9.63 Å². The van der Waals surface area contributed by atoms with Crippen LogP contribution < -0.4 is 0 Å². The lowest BCUT2D eigenvalue weighted by Gasteiger charge is -2.28. The maximum absolute atomic E-state index is 11.0. The van der Waals surface area contributed by atoms with Crippen LogP contribution in [0.25, 0.3) is 11.5 Å². The Hall–Kier alpha value is -2.44. The van der Waals surface area contributed by atoms with Crippen LogP contribution in [0.3, 0.4) is 0 Å². The summed E-state index contributed by atoms with van der Waals surface area (Å²) in [7, 11) is 0. The first-order valence-corrected chi connectivity index (χ1v) is 6.46. The molecule has 0 aromatic carbocycles. The van der Waals surface area contributed by atoms with Crippen LogP contribution in [0.4, 0.5) is 4.79 Å². The lowest BCUT2D eigenvalue weighted by molar-refractivity contribution is 0.129. The van der Waals surface area contributed by atoms with Crippen molar-refractivity contribution in [2.75, 3.05) is 13.1 Å². The van der Waals surface area contributed by atoms with E-state index in [0.29, 0.717) is 24.8 Å². The highest BCUT2D eigenvalue weighted by Crippen LogP contribution is 2.26. The van der Waals surface area contributed by atoms with E-state index in [9.17, 15) is 4.79 Å². The fraction of sp³-hybridized carbons (Fsp3) is 0.385. The van der Waals surface area contributed by atoms with Gasteiger partial charge < -0.3 is 14.5 Å². The van der Waals surface area contributed by atoms with Crippen molar-refractivity contribution in [3.8, 4) is 11.5 Å². The van der Waals surface area contributed by atoms with Gasteiger partial charge in [0.1, 0.15) is 0 Å². The molecule has 3 heterocycles. The van der Waals surface area contributed by atoms with Crippen molar-refractivity contribution < 1.29 is 14.4 Å². The molecule has 1 saturated heterocycles. The number of likely N-dealkylation sites (tertiary alicyclic amines) is 1. The molecule has 1 N–H and O–H groups in total. The van der Waals surface area contributed by atoms with Gasteiger partial charge in [-0.15, -0.1) is 0 Å². The van der Waals surface area contributed by atoms with Gasteiger partial charge in [-0.05, 0) is 25.0 Å². The average Bonchev–Trinajstić information content (AvgIpc) is 2.98. The van der Waals surface area contributed by atoms with Crippen molar-refractivity contribution in [2.45, 2.75) is 18.8 Å². The van der Waals surface area contributed by atoms with Gasteiger partial charge in [-0.1, -0.05) is 5.16 Å². The Labute approximate surface area is 115 Å². The minimum absolute atomic E-state index is 0.000753. The second-order valence-corrected chi connectivity index (χ2v) is 4.76. The first-order chi connectivity index (χ1) is 9.74. The summed E-state index contributed by atoms with van der Waals surface area (Å²) in [4.78, 5) is 20.7. The zero-order valence-corrected chi connectivity index (χ0v) is 10.8. The summed E-state index contributed by atoms with van der Waals surface area (Å²) in [6.07, 6.45) is 4.11. The van der Waals surface area contributed by atoms with Crippen LogP contribution >= 0.6 is 0 Å². The predicted octanol–water partition coefficient (Wildman–Crippen LogP) is 1.99. The van der Waals surface area contributed by atoms with Gasteiger partial charge in [0.15, 0.2) is 5.82 Å². The summed E-state index contributed by atoms with van der Waals surface area (Å²) in [5.74, 6) is 1.01. The van der Waals surface area contributed by atoms with E-state index in [0.717, 1.165) is 18.4 Å². The molecule has 3 rings (SSSR count). The third-order valence-electron chi connectivity index (χ3n) is 3.43. The molecule has 1 fully saturated rings. The highest BCUT2D eigenvalue weighted by atomic mass is 16.5. The molecular formula is C13H14N4O3. The number of carboxylic acid groups (broad SMARTS) is 1. The Morgan fingerprint density at radius 1 is 1.40 bits per heavy atom. The molecule has 0 saturated carbocycles. The Morgan fingerprint density at radius 2 is 2.20 bits per heavy atom. The number of piperidine rings is 1. The van der Waals surface area contributed by atoms with Gasteiger partial charge in [0.25, 0.3) is 5.89 Å². The molecule has 0 bridgehead atoms. The highest BCUT2D eigenvalue weighted by molar-refractivity contribution is 5.65. The Morgan fingerprint density at radius 3 is 2.95 bits per heavy atom. The molecule has 20 heavy (non-hydrogen) atoms. The number of nitrogens with zero attached hydrogens (tertiary/aromatic N) is 4. The molecule has 0 radical (unpaired) electrons. The van der Waals surface area contributed by atoms with Gasteiger partial charge in [-0.25, -0.2) is 4.79 Å². The number of hydrogen-bond donors (Lipinski definition) is 1. The summed E-state index contributed by atoms with van der Waals surface area (Å²) in [6.45, 7) is 0.992. The molecule has 104 valence electrons. The topological polar surface area (TPSA) is 92.3 Å². The van der Waals surface area contributed by atoms with E-state index in [1.807, 2.05) is 0 Å². The number of rotatable bonds is 2. The zero-order valence-electron chi connectivity index (χ0n) is 10.8. The monoisotopic (exact) mass is 274 g/mol. The SMILES string of the molecule is O=C(O)N1CCCC(c2noc(-c3ccncc3)n2)C1. The van der Waals surface area contributed by atoms with Gasteiger partial charge in [-0.2, -0.15) is 4.98 Å². The molecule has 1 aliphatic heterocycles. The lowest BCUT2D eigenvalue weighted by atomic mass is 9.98. The molecule has 2 aromatic heterocycles. The van der Waals surface area contributed by atoms with Crippen LogP contribution in [0.5, 0.6) is 0 Å². The number of aromatic nitrogens is 3. The van der Waals surface area contributed by atoms with Gasteiger partial charge in [0, 0.05) is 37.0 Å². The third-order valence-corrected chi connectivity index (χ3v) is 3.43. The summed E-state index contributed by atoms with van der Waals surface area (Å²) in [6, 6.07) is 3.59. The predicted molar refractivity (Wildman–Crippen MR) is 69.1 cm³/mol. The fourth-order valence-corrected chi connectivity index (χ4v) is 2.37. The van der Waals surface area contributed by atoms with Crippen LogP contribution in [0.2, 0.25) is 0 Å². The Kier molecular flexibility index (Phi) is 3.32. The van der Waals surface area contributed by atoms with Crippen molar-refractivity contribution in [1.82, 2.24) is 20.0 Å². The van der Waals surface area contributed by atoms with E-state index in [-0.39, 0.29) is 5.92 Å². The number of carbonyl (C=O) groups is 1. The van der Waals surface area contributed by atoms with Crippen LogP contribution in [-0.2, 0) is 0 Å². The highest BCUT2D eigenvalue weighted by Gasteiger charge is 2.27. The Balaban J connectivity index is 1.78. The molecule has 1 atom stereocenters. The smallest absolute Gasteiger partial charge is 0.407 e. The van der Waals surface area contributed by atoms with Gasteiger partial charge in [-0.3, -0.25) is 4.98 Å². The van der Waals surface area contributed by atoms with Crippen molar-refractivity contribution in [3.05, 3.63) is 30.4 Å². The van der Waals surface area contributed by atoms with E-state index in [1.54, 1.807) is 24.5 Å². The van der Waals surface area contributed by atoms with Crippen LogP contribution in [0, 0.1) is 0 Å². The molecule has 1 amide bonds. The first-order valence-electron chi connectivity index (χ1n) is 6.46. The van der Waals surface area contributed by atoms with Crippen LogP contribution in [-0.4, -0.2) is 44.3 Å². The quantitative estimate of drug-likeness (QED) is 0.900. The van der Waals surface area contributed by atoms with Crippen LogP contribution in [0.1, 0.15) is 24.6 Å². The minimum Gasteiger partial charge on any atom is -0.465 e. The maximum atomic E-state index is 11.0. The van der Waals surface area contributed by atoms with E-state index >= 15 is 0 Å². The van der Waals surface area contributed by atoms with Gasteiger partial charge >= 0.3 is 6.09 Å². The van der Waals surface area contributed by atoms with Gasteiger partial charge in [0.2, 0.25) is 0 Å². The molecule has 1 unspecified atom stereocenters. The number of amides is 1.